The van der Waals surface area contributed by atoms with Crippen LogP contribution in [0.15, 0.2) is 109 Å². The minimum absolute atomic E-state index is 0.0843. The zero-order valence-corrected chi connectivity index (χ0v) is 46.9. The van der Waals surface area contributed by atoms with Gasteiger partial charge >= 0.3 is 17.9 Å². The van der Waals surface area contributed by atoms with Crippen LogP contribution >= 0.6 is 0 Å². The van der Waals surface area contributed by atoms with Gasteiger partial charge in [-0.3, -0.25) is 14.4 Å². The quantitative estimate of drug-likeness (QED) is 0.0261. The van der Waals surface area contributed by atoms with Crippen molar-refractivity contribution in [2.75, 3.05) is 13.2 Å². The minimum atomic E-state index is -0.788. The Hall–Kier alpha value is -3.93. The monoisotopic (exact) mass is 999 g/mol. The van der Waals surface area contributed by atoms with E-state index in [1.807, 2.05) is 0 Å². The van der Waals surface area contributed by atoms with Gasteiger partial charge in [-0.05, 0) is 103 Å². The lowest BCUT2D eigenvalue weighted by molar-refractivity contribution is -0.167. The van der Waals surface area contributed by atoms with Crippen molar-refractivity contribution < 1.29 is 28.6 Å². The van der Waals surface area contributed by atoms with Crippen molar-refractivity contribution in [3.8, 4) is 0 Å². The van der Waals surface area contributed by atoms with Crippen molar-refractivity contribution >= 4 is 17.9 Å². The predicted molar refractivity (Wildman–Crippen MR) is 311 cm³/mol. The van der Waals surface area contributed by atoms with E-state index in [1.165, 1.54) is 103 Å². The standard InChI is InChI=1S/C66H110O6/c1-4-7-10-13-16-19-22-24-26-28-30-32-33-35-36-38-40-42-44-47-50-53-56-59-65(68)71-62-63(61-70-64(67)58-55-52-49-46-21-18-15-12-9-6-3)72-66(69)60-57-54-51-48-45-43-41-39-37-34-31-29-27-25-23-20-17-14-11-8-5-2/h7-8,10-11,16-17,19-20,24-27,30-32,34-36,63H,4-6,9,12-15,18,21-23,28-29,33,37-62H2,1-3H3/b10-7-,11-8-,19-16-,20-17-,26-24-,27-25-,32-30-,34-31-,36-35-. The van der Waals surface area contributed by atoms with E-state index in [-0.39, 0.29) is 31.1 Å². The highest BCUT2D eigenvalue weighted by atomic mass is 16.6. The van der Waals surface area contributed by atoms with Crippen molar-refractivity contribution in [3.05, 3.63) is 109 Å². The Kier molecular flexibility index (Phi) is 56.4. The molecule has 0 amide bonds. The molecule has 0 radical (unpaired) electrons. The maximum absolute atomic E-state index is 12.9. The summed E-state index contributed by atoms with van der Waals surface area (Å²) in [5, 5.41) is 0. The molecule has 0 fully saturated rings. The van der Waals surface area contributed by atoms with Gasteiger partial charge in [0.2, 0.25) is 0 Å². The Balaban J connectivity index is 4.34. The van der Waals surface area contributed by atoms with Crippen molar-refractivity contribution in [1.82, 2.24) is 0 Å². The van der Waals surface area contributed by atoms with Crippen LogP contribution in [-0.4, -0.2) is 37.2 Å². The van der Waals surface area contributed by atoms with Crippen LogP contribution in [0.5, 0.6) is 0 Å². The maximum Gasteiger partial charge on any atom is 0.306 e. The van der Waals surface area contributed by atoms with Crippen LogP contribution in [0.2, 0.25) is 0 Å². The first kappa shape index (κ1) is 68.1. The average molecular weight is 1000 g/mol. The van der Waals surface area contributed by atoms with Gasteiger partial charge in [0.05, 0.1) is 0 Å². The molecular weight excluding hydrogens is 889 g/mol. The van der Waals surface area contributed by atoms with Gasteiger partial charge in [0.1, 0.15) is 13.2 Å². The second-order valence-electron chi connectivity index (χ2n) is 19.5. The van der Waals surface area contributed by atoms with Crippen LogP contribution < -0.4 is 0 Å². The minimum Gasteiger partial charge on any atom is -0.462 e. The fraction of sp³-hybridized carbons (Fsp3) is 0.682. The van der Waals surface area contributed by atoms with Gasteiger partial charge in [-0.25, -0.2) is 0 Å². The summed E-state index contributed by atoms with van der Waals surface area (Å²) in [6.07, 6.45) is 80.8. The molecule has 0 aromatic carbocycles. The predicted octanol–water partition coefficient (Wildman–Crippen LogP) is 20.3. The number of allylic oxidation sites excluding steroid dienone is 18. The first-order chi connectivity index (χ1) is 35.5. The number of carbonyl (C=O) groups is 3. The highest BCUT2D eigenvalue weighted by molar-refractivity contribution is 5.71. The van der Waals surface area contributed by atoms with E-state index in [4.69, 9.17) is 14.2 Å². The van der Waals surface area contributed by atoms with Crippen molar-refractivity contribution in [2.45, 2.75) is 277 Å². The maximum atomic E-state index is 12.9. The average Bonchev–Trinajstić information content (AvgIpc) is 3.38. The molecule has 410 valence electrons. The SMILES string of the molecule is CC/C=C\C/C=C\C/C=C\C/C=C\C/C=C\CCCCCCCCCC(=O)OCC(COC(=O)CCCCCCCCCCCC)OC(=O)CCCCCCCCCC/C=C\C/C=C\C/C=C\C/C=C\CC. The molecular formula is C66H110O6. The first-order valence-corrected chi connectivity index (χ1v) is 29.9. The second kappa shape index (κ2) is 59.6. The third-order valence-corrected chi connectivity index (χ3v) is 12.5. The summed E-state index contributed by atoms with van der Waals surface area (Å²) in [6, 6.07) is 0. The first-order valence-electron chi connectivity index (χ1n) is 29.9. The van der Waals surface area contributed by atoms with Crippen LogP contribution in [0.3, 0.4) is 0 Å². The molecule has 0 aliphatic rings. The van der Waals surface area contributed by atoms with Gasteiger partial charge in [-0.2, -0.15) is 0 Å². The molecule has 0 aliphatic carbocycles. The van der Waals surface area contributed by atoms with E-state index in [0.717, 1.165) is 128 Å². The van der Waals surface area contributed by atoms with E-state index in [0.29, 0.717) is 19.3 Å². The molecule has 6 heteroatoms. The molecule has 0 saturated heterocycles. The summed E-state index contributed by atoms with van der Waals surface area (Å²) in [6.45, 7) is 6.39. The van der Waals surface area contributed by atoms with Crippen molar-refractivity contribution in [1.29, 1.82) is 0 Å². The van der Waals surface area contributed by atoms with Crippen molar-refractivity contribution in [2.24, 2.45) is 0 Å². The summed E-state index contributed by atoms with van der Waals surface area (Å²) in [5.41, 5.74) is 0. The fourth-order valence-corrected chi connectivity index (χ4v) is 8.11. The summed E-state index contributed by atoms with van der Waals surface area (Å²) < 4.78 is 16.9. The van der Waals surface area contributed by atoms with Crippen molar-refractivity contribution in [3.63, 3.8) is 0 Å². The van der Waals surface area contributed by atoms with Crippen LogP contribution in [0.1, 0.15) is 271 Å². The number of hydrogen-bond donors (Lipinski definition) is 0. The smallest absolute Gasteiger partial charge is 0.306 e. The van der Waals surface area contributed by atoms with Crippen LogP contribution in [-0.2, 0) is 28.6 Å². The molecule has 0 bridgehead atoms. The molecule has 0 N–H and O–H groups in total. The highest BCUT2D eigenvalue weighted by Crippen LogP contribution is 2.15. The lowest BCUT2D eigenvalue weighted by atomic mass is 10.1. The lowest BCUT2D eigenvalue weighted by Gasteiger charge is -2.18. The Morgan fingerprint density at radius 2 is 0.542 bits per heavy atom. The summed E-state index contributed by atoms with van der Waals surface area (Å²) in [4.78, 5) is 38.2. The number of esters is 3. The van der Waals surface area contributed by atoms with Crippen LogP contribution in [0.4, 0.5) is 0 Å². The third-order valence-electron chi connectivity index (χ3n) is 12.5. The molecule has 0 saturated carbocycles. The third kappa shape index (κ3) is 57.0. The van der Waals surface area contributed by atoms with E-state index in [9.17, 15) is 14.4 Å². The van der Waals surface area contributed by atoms with Gasteiger partial charge in [-0.15, -0.1) is 0 Å². The number of hydrogen-bond acceptors (Lipinski definition) is 6. The zero-order chi connectivity index (χ0) is 52.2. The molecule has 0 heterocycles. The van der Waals surface area contributed by atoms with E-state index >= 15 is 0 Å². The molecule has 0 rings (SSSR count). The molecule has 0 aromatic heterocycles. The normalized spacial score (nSPS) is 12.9. The van der Waals surface area contributed by atoms with E-state index in [1.54, 1.807) is 0 Å². The molecule has 72 heavy (non-hydrogen) atoms. The largest absolute Gasteiger partial charge is 0.462 e. The number of carbonyl (C=O) groups excluding carboxylic acids is 3. The van der Waals surface area contributed by atoms with Gasteiger partial charge in [-0.1, -0.05) is 259 Å². The molecule has 0 spiro atoms. The molecule has 1 atom stereocenters. The number of rotatable bonds is 53. The van der Waals surface area contributed by atoms with E-state index in [2.05, 4.69) is 130 Å². The molecule has 0 aromatic rings. The second-order valence-corrected chi connectivity index (χ2v) is 19.5. The highest BCUT2D eigenvalue weighted by Gasteiger charge is 2.19. The zero-order valence-electron chi connectivity index (χ0n) is 46.9. The summed E-state index contributed by atoms with van der Waals surface area (Å²) >= 11 is 0. The Bertz CT molecular complexity index is 1470. The Labute approximate surface area is 444 Å². The number of unbranched alkanes of at least 4 members (excludes halogenated alkanes) is 24. The molecule has 1 unspecified atom stereocenters. The Morgan fingerprint density at radius 1 is 0.292 bits per heavy atom. The van der Waals surface area contributed by atoms with E-state index < -0.39 is 6.10 Å². The Morgan fingerprint density at radius 3 is 0.847 bits per heavy atom. The molecule has 0 aliphatic heterocycles. The topological polar surface area (TPSA) is 78.9 Å². The summed E-state index contributed by atoms with van der Waals surface area (Å²) in [7, 11) is 0. The summed E-state index contributed by atoms with van der Waals surface area (Å²) in [5.74, 6) is -0.902. The van der Waals surface area contributed by atoms with Gasteiger partial charge < -0.3 is 14.2 Å². The van der Waals surface area contributed by atoms with Crippen LogP contribution in [0.25, 0.3) is 0 Å². The lowest BCUT2D eigenvalue weighted by Crippen LogP contribution is -2.30. The van der Waals surface area contributed by atoms with Gasteiger partial charge in [0.25, 0.3) is 0 Å². The van der Waals surface area contributed by atoms with Gasteiger partial charge in [0, 0.05) is 19.3 Å². The fourth-order valence-electron chi connectivity index (χ4n) is 8.11. The molecule has 6 nitrogen and oxygen atoms in total. The van der Waals surface area contributed by atoms with Gasteiger partial charge in [0.15, 0.2) is 6.10 Å². The number of ether oxygens (including phenoxy) is 3. The van der Waals surface area contributed by atoms with Crippen LogP contribution in [0, 0.1) is 0 Å².